The molecule has 2 nitrogen and oxygen atoms in total. The van der Waals surface area contributed by atoms with Crippen LogP contribution in [0.5, 0.6) is 0 Å². The van der Waals surface area contributed by atoms with Gasteiger partial charge >= 0.3 is 0 Å². The fraction of sp³-hybridized carbons (Fsp3) is 0.758. The Morgan fingerprint density at radius 1 is 0.514 bits per heavy atom. The van der Waals surface area contributed by atoms with Crippen LogP contribution < -0.4 is 0 Å². The van der Waals surface area contributed by atoms with Gasteiger partial charge in [-0.05, 0) is 24.8 Å². The zero-order valence-electron chi connectivity index (χ0n) is 23.6. The normalized spacial score (nSPS) is 15.4. The first-order valence-corrected chi connectivity index (χ1v) is 15.6. The average Bonchev–Trinajstić information content (AvgIpc) is 3.25. The SMILES string of the molecule is CCCCCCCCCCCCCCCN1C=CN(Cc2ccccc2)C1CCCCCCCC. The molecule has 200 valence electrons. The molecule has 0 spiro atoms. The van der Waals surface area contributed by atoms with Gasteiger partial charge in [0.05, 0.1) is 0 Å². The minimum atomic E-state index is 0.554. The minimum Gasteiger partial charge on any atom is -0.356 e. The van der Waals surface area contributed by atoms with E-state index in [-0.39, 0.29) is 0 Å². The number of hydrogen-bond acceptors (Lipinski definition) is 2. The fourth-order valence-electron chi connectivity index (χ4n) is 5.49. The van der Waals surface area contributed by atoms with Crippen molar-refractivity contribution in [3.8, 4) is 0 Å². The summed E-state index contributed by atoms with van der Waals surface area (Å²) in [6.07, 6.45) is 33.5. The van der Waals surface area contributed by atoms with E-state index in [1.165, 1.54) is 141 Å². The molecule has 1 aliphatic heterocycles. The highest BCUT2D eigenvalue weighted by Gasteiger charge is 2.25. The summed E-state index contributed by atoms with van der Waals surface area (Å²) in [5.41, 5.74) is 1.42. The van der Waals surface area contributed by atoms with Crippen molar-refractivity contribution in [2.75, 3.05) is 6.54 Å². The van der Waals surface area contributed by atoms with Gasteiger partial charge in [-0.3, -0.25) is 0 Å². The summed E-state index contributed by atoms with van der Waals surface area (Å²) < 4.78 is 0. The molecule has 0 fully saturated rings. The molecule has 1 atom stereocenters. The van der Waals surface area contributed by atoms with E-state index in [0.717, 1.165) is 6.54 Å². The first-order chi connectivity index (χ1) is 17.3. The van der Waals surface area contributed by atoms with Crippen molar-refractivity contribution < 1.29 is 0 Å². The Morgan fingerprint density at radius 2 is 0.971 bits per heavy atom. The highest BCUT2D eigenvalue weighted by atomic mass is 15.4. The number of rotatable bonds is 23. The van der Waals surface area contributed by atoms with Crippen molar-refractivity contribution in [1.29, 1.82) is 0 Å². The molecule has 35 heavy (non-hydrogen) atoms. The molecule has 0 aliphatic carbocycles. The van der Waals surface area contributed by atoms with Crippen molar-refractivity contribution in [3.63, 3.8) is 0 Å². The lowest BCUT2D eigenvalue weighted by atomic mass is 10.0. The van der Waals surface area contributed by atoms with E-state index in [2.05, 4.69) is 66.4 Å². The van der Waals surface area contributed by atoms with E-state index in [9.17, 15) is 0 Å². The predicted molar refractivity (Wildman–Crippen MR) is 155 cm³/mol. The standard InChI is InChI=1S/C33H58N2/c1-3-5-7-9-11-12-13-14-15-16-17-19-24-28-34-29-30-35(31-32-25-21-20-22-26-32)33(34)27-23-18-10-8-6-4-2/h20-22,25-26,29-30,33H,3-19,23-24,27-28,31H2,1-2H3. The lowest BCUT2D eigenvalue weighted by Crippen LogP contribution is -2.38. The highest BCUT2D eigenvalue weighted by molar-refractivity contribution is 5.15. The van der Waals surface area contributed by atoms with Crippen LogP contribution in [-0.4, -0.2) is 22.5 Å². The van der Waals surface area contributed by atoms with Gasteiger partial charge in [-0.1, -0.05) is 153 Å². The van der Waals surface area contributed by atoms with Crippen molar-refractivity contribution in [2.24, 2.45) is 0 Å². The highest BCUT2D eigenvalue weighted by Crippen LogP contribution is 2.25. The van der Waals surface area contributed by atoms with Crippen molar-refractivity contribution >= 4 is 0 Å². The number of unbranched alkanes of at least 4 members (excludes halogenated alkanes) is 17. The Kier molecular flexibility index (Phi) is 17.6. The summed E-state index contributed by atoms with van der Waals surface area (Å²) in [4.78, 5) is 5.23. The molecule has 0 N–H and O–H groups in total. The van der Waals surface area contributed by atoms with Gasteiger partial charge in [0, 0.05) is 25.5 Å². The summed E-state index contributed by atoms with van der Waals surface area (Å²) in [6.45, 7) is 6.87. The second-order valence-electron chi connectivity index (χ2n) is 11.0. The molecule has 1 aromatic carbocycles. The largest absolute Gasteiger partial charge is 0.356 e. The second-order valence-corrected chi connectivity index (χ2v) is 11.0. The van der Waals surface area contributed by atoms with Gasteiger partial charge in [0.2, 0.25) is 0 Å². The quantitative estimate of drug-likeness (QED) is 0.143. The Bertz CT molecular complexity index is 611. The van der Waals surface area contributed by atoms with Crippen LogP contribution in [0.15, 0.2) is 42.7 Å². The Labute approximate surface area is 219 Å². The van der Waals surface area contributed by atoms with E-state index >= 15 is 0 Å². The summed E-state index contributed by atoms with van der Waals surface area (Å²) in [6, 6.07) is 11.0. The smallest absolute Gasteiger partial charge is 0.101 e. The third kappa shape index (κ3) is 14.0. The summed E-state index contributed by atoms with van der Waals surface area (Å²) in [7, 11) is 0. The van der Waals surface area contributed by atoms with E-state index in [1.54, 1.807) is 0 Å². The maximum atomic E-state index is 2.65. The molecule has 0 amide bonds. The summed E-state index contributed by atoms with van der Waals surface area (Å²) in [5.74, 6) is 0. The Hall–Kier alpha value is -1.44. The topological polar surface area (TPSA) is 6.48 Å². The summed E-state index contributed by atoms with van der Waals surface area (Å²) in [5, 5.41) is 0. The number of benzene rings is 1. The predicted octanol–water partition coefficient (Wildman–Crippen LogP) is 10.4. The molecule has 0 saturated heterocycles. The minimum absolute atomic E-state index is 0.554. The lowest BCUT2D eigenvalue weighted by Gasteiger charge is -2.33. The fourth-order valence-corrected chi connectivity index (χ4v) is 5.49. The van der Waals surface area contributed by atoms with Gasteiger partial charge < -0.3 is 9.80 Å². The van der Waals surface area contributed by atoms with Gasteiger partial charge in [0.25, 0.3) is 0 Å². The van der Waals surface area contributed by atoms with Crippen LogP contribution in [0.3, 0.4) is 0 Å². The van der Waals surface area contributed by atoms with E-state index < -0.39 is 0 Å². The maximum absolute atomic E-state index is 2.65. The lowest BCUT2D eigenvalue weighted by molar-refractivity contribution is 0.132. The number of nitrogens with zero attached hydrogens (tertiary/aromatic N) is 2. The van der Waals surface area contributed by atoms with Crippen LogP contribution in [0, 0.1) is 0 Å². The first kappa shape index (κ1) is 29.8. The molecule has 2 rings (SSSR count). The maximum Gasteiger partial charge on any atom is 0.101 e. The molecule has 1 aliphatic rings. The molecule has 1 unspecified atom stereocenters. The molecule has 2 heteroatoms. The van der Waals surface area contributed by atoms with Crippen molar-refractivity contribution in [1.82, 2.24) is 9.80 Å². The monoisotopic (exact) mass is 482 g/mol. The van der Waals surface area contributed by atoms with Crippen LogP contribution in [-0.2, 0) is 6.54 Å². The third-order valence-electron chi connectivity index (χ3n) is 7.76. The zero-order valence-corrected chi connectivity index (χ0v) is 23.6. The van der Waals surface area contributed by atoms with Crippen LogP contribution in [0.2, 0.25) is 0 Å². The van der Waals surface area contributed by atoms with Gasteiger partial charge in [-0.2, -0.15) is 0 Å². The average molecular weight is 483 g/mol. The van der Waals surface area contributed by atoms with E-state index in [0.29, 0.717) is 6.17 Å². The molecule has 0 aromatic heterocycles. The molecule has 0 radical (unpaired) electrons. The van der Waals surface area contributed by atoms with E-state index in [1.807, 2.05) is 0 Å². The van der Waals surface area contributed by atoms with Crippen LogP contribution >= 0.6 is 0 Å². The van der Waals surface area contributed by atoms with E-state index in [4.69, 9.17) is 0 Å². The zero-order chi connectivity index (χ0) is 24.8. The summed E-state index contributed by atoms with van der Waals surface area (Å²) >= 11 is 0. The van der Waals surface area contributed by atoms with Crippen LogP contribution in [0.25, 0.3) is 0 Å². The third-order valence-corrected chi connectivity index (χ3v) is 7.76. The van der Waals surface area contributed by atoms with Crippen LogP contribution in [0.4, 0.5) is 0 Å². The van der Waals surface area contributed by atoms with Gasteiger partial charge in [0.15, 0.2) is 0 Å². The Morgan fingerprint density at radius 3 is 1.51 bits per heavy atom. The molecule has 1 aromatic rings. The molecule has 0 saturated carbocycles. The molecule has 0 bridgehead atoms. The molecular formula is C33H58N2. The van der Waals surface area contributed by atoms with Gasteiger partial charge in [0.1, 0.15) is 6.17 Å². The Balaban J connectivity index is 1.59. The van der Waals surface area contributed by atoms with Gasteiger partial charge in [-0.25, -0.2) is 0 Å². The van der Waals surface area contributed by atoms with Gasteiger partial charge in [-0.15, -0.1) is 0 Å². The number of hydrogen-bond donors (Lipinski definition) is 0. The molecule has 1 heterocycles. The first-order valence-electron chi connectivity index (χ1n) is 15.6. The van der Waals surface area contributed by atoms with Crippen molar-refractivity contribution in [2.45, 2.75) is 155 Å². The second kappa shape index (κ2) is 20.7. The van der Waals surface area contributed by atoms with Crippen LogP contribution in [0.1, 0.15) is 148 Å². The van der Waals surface area contributed by atoms with Crippen molar-refractivity contribution in [3.05, 3.63) is 48.3 Å². The molecular weight excluding hydrogens is 424 g/mol.